The number of rotatable bonds is 2. The summed E-state index contributed by atoms with van der Waals surface area (Å²) >= 11 is 0. The molecule has 0 atom stereocenters. The Morgan fingerprint density at radius 3 is 2.30 bits per heavy atom. The first-order chi connectivity index (χ1) is 9.31. The highest BCUT2D eigenvalue weighted by molar-refractivity contribution is 5.65. The van der Waals surface area contributed by atoms with E-state index in [4.69, 9.17) is 0 Å². The van der Waals surface area contributed by atoms with Crippen molar-refractivity contribution in [2.75, 3.05) is 12.4 Å². The number of nitrogens with zero attached hydrogens (tertiary/aromatic N) is 2. The second kappa shape index (κ2) is 5.11. The molecule has 0 unspecified atom stereocenters. The third-order valence-corrected chi connectivity index (χ3v) is 2.91. The van der Waals surface area contributed by atoms with Gasteiger partial charge in [-0.15, -0.1) is 0 Å². The summed E-state index contributed by atoms with van der Waals surface area (Å²) in [7, 11) is 1.69. The van der Waals surface area contributed by atoms with Crippen LogP contribution in [0.2, 0.25) is 0 Å². The Morgan fingerprint density at radius 2 is 1.75 bits per heavy atom. The van der Waals surface area contributed by atoms with Crippen molar-refractivity contribution in [1.82, 2.24) is 9.97 Å². The van der Waals surface area contributed by atoms with Gasteiger partial charge in [0, 0.05) is 18.3 Å². The van der Waals surface area contributed by atoms with Crippen LogP contribution in [0, 0.1) is 13.8 Å². The summed E-state index contributed by atoms with van der Waals surface area (Å²) in [6.45, 7) is 3.45. The second-order valence-electron chi connectivity index (χ2n) is 4.50. The molecule has 1 aromatic carbocycles. The maximum atomic E-state index is 12.6. The first-order valence-electron chi connectivity index (χ1n) is 6.03. The van der Waals surface area contributed by atoms with Crippen LogP contribution in [0.25, 0.3) is 11.3 Å². The van der Waals surface area contributed by atoms with Crippen molar-refractivity contribution >= 4 is 5.95 Å². The molecule has 6 heteroatoms. The van der Waals surface area contributed by atoms with E-state index in [1.54, 1.807) is 20.0 Å². The van der Waals surface area contributed by atoms with E-state index in [0.29, 0.717) is 22.8 Å². The van der Waals surface area contributed by atoms with Gasteiger partial charge in [-0.1, -0.05) is 6.07 Å². The van der Waals surface area contributed by atoms with E-state index in [0.717, 1.165) is 17.8 Å². The van der Waals surface area contributed by atoms with Crippen LogP contribution in [0.3, 0.4) is 0 Å². The SMILES string of the molecule is CNc1nc(C)cc(-c2ccc(C(F)(F)F)cc2C)n1. The minimum absolute atomic E-state index is 0.444. The van der Waals surface area contributed by atoms with Gasteiger partial charge in [-0.25, -0.2) is 9.97 Å². The number of benzene rings is 1. The monoisotopic (exact) mass is 281 g/mol. The molecule has 0 aliphatic rings. The Labute approximate surface area is 114 Å². The van der Waals surface area contributed by atoms with Crippen LogP contribution in [0.4, 0.5) is 19.1 Å². The highest BCUT2D eigenvalue weighted by Gasteiger charge is 2.30. The van der Waals surface area contributed by atoms with E-state index >= 15 is 0 Å². The van der Waals surface area contributed by atoms with E-state index < -0.39 is 11.7 Å². The number of aromatic nitrogens is 2. The molecule has 20 heavy (non-hydrogen) atoms. The Bertz CT molecular complexity index is 636. The van der Waals surface area contributed by atoms with Crippen molar-refractivity contribution in [3.8, 4) is 11.3 Å². The summed E-state index contributed by atoms with van der Waals surface area (Å²) in [6.07, 6.45) is -4.33. The van der Waals surface area contributed by atoms with Crippen molar-refractivity contribution in [1.29, 1.82) is 0 Å². The molecule has 0 aliphatic carbocycles. The van der Waals surface area contributed by atoms with Gasteiger partial charge >= 0.3 is 6.18 Å². The third kappa shape index (κ3) is 2.89. The standard InChI is InChI=1S/C14H14F3N3/c1-8-6-10(14(15,16)17)4-5-11(8)12-7-9(2)19-13(18-3)20-12/h4-7H,1-3H3,(H,18,19,20). The zero-order valence-corrected chi connectivity index (χ0v) is 11.3. The average Bonchev–Trinajstić information content (AvgIpc) is 2.36. The highest BCUT2D eigenvalue weighted by atomic mass is 19.4. The molecule has 2 aromatic rings. The minimum Gasteiger partial charge on any atom is -0.357 e. The molecule has 106 valence electrons. The van der Waals surface area contributed by atoms with Gasteiger partial charge in [-0.2, -0.15) is 13.2 Å². The summed E-state index contributed by atoms with van der Waals surface area (Å²) in [5.41, 5.74) is 1.89. The fraction of sp³-hybridized carbons (Fsp3) is 0.286. The van der Waals surface area contributed by atoms with Gasteiger partial charge in [-0.05, 0) is 37.6 Å². The number of anilines is 1. The normalized spacial score (nSPS) is 11.5. The zero-order valence-electron chi connectivity index (χ0n) is 11.3. The van der Waals surface area contributed by atoms with Gasteiger partial charge in [0.25, 0.3) is 0 Å². The first-order valence-corrected chi connectivity index (χ1v) is 6.03. The van der Waals surface area contributed by atoms with Crippen LogP contribution in [-0.4, -0.2) is 17.0 Å². The second-order valence-corrected chi connectivity index (χ2v) is 4.50. The number of halogens is 3. The van der Waals surface area contributed by atoms with Gasteiger partial charge in [0.1, 0.15) is 0 Å². The van der Waals surface area contributed by atoms with Gasteiger partial charge in [0.15, 0.2) is 0 Å². The van der Waals surface area contributed by atoms with Crippen LogP contribution in [0.1, 0.15) is 16.8 Å². The zero-order chi connectivity index (χ0) is 14.9. The molecular weight excluding hydrogens is 267 g/mol. The molecule has 0 amide bonds. The number of aryl methyl sites for hydroxylation is 2. The van der Waals surface area contributed by atoms with E-state index in [9.17, 15) is 13.2 Å². The lowest BCUT2D eigenvalue weighted by Crippen LogP contribution is -2.05. The minimum atomic E-state index is -4.33. The topological polar surface area (TPSA) is 37.8 Å². The molecule has 0 saturated carbocycles. The van der Waals surface area contributed by atoms with Crippen LogP contribution in [0.5, 0.6) is 0 Å². The molecule has 3 nitrogen and oxygen atoms in total. The van der Waals surface area contributed by atoms with Crippen LogP contribution in [-0.2, 0) is 6.18 Å². The average molecular weight is 281 g/mol. The van der Waals surface area contributed by atoms with E-state index in [1.807, 2.05) is 6.92 Å². The van der Waals surface area contributed by atoms with Crippen molar-refractivity contribution < 1.29 is 13.2 Å². The van der Waals surface area contributed by atoms with Gasteiger partial charge in [-0.3, -0.25) is 0 Å². The Balaban J connectivity index is 2.51. The molecule has 2 rings (SSSR count). The van der Waals surface area contributed by atoms with E-state index in [1.165, 1.54) is 6.07 Å². The highest BCUT2D eigenvalue weighted by Crippen LogP contribution is 2.32. The number of hydrogen-bond acceptors (Lipinski definition) is 3. The lowest BCUT2D eigenvalue weighted by atomic mass is 10.0. The first kappa shape index (κ1) is 14.3. The fourth-order valence-corrected chi connectivity index (χ4v) is 1.95. The lowest BCUT2D eigenvalue weighted by Gasteiger charge is -2.12. The maximum absolute atomic E-state index is 12.6. The van der Waals surface area contributed by atoms with Crippen LogP contribution in [0.15, 0.2) is 24.3 Å². The molecule has 0 bridgehead atoms. The van der Waals surface area contributed by atoms with Crippen LogP contribution < -0.4 is 5.32 Å². The van der Waals surface area contributed by atoms with Crippen molar-refractivity contribution in [3.63, 3.8) is 0 Å². The fourth-order valence-electron chi connectivity index (χ4n) is 1.95. The lowest BCUT2D eigenvalue weighted by molar-refractivity contribution is -0.137. The quantitative estimate of drug-likeness (QED) is 0.909. The summed E-state index contributed by atoms with van der Waals surface area (Å²) < 4.78 is 37.9. The van der Waals surface area contributed by atoms with E-state index in [-0.39, 0.29) is 0 Å². The molecule has 0 fully saturated rings. The van der Waals surface area contributed by atoms with Gasteiger partial charge in [0.2, 0.25) is 5.95 Å². The summed E-state index contributed by atoms with van der Waals surface area (Å²) in [4.78, 5) is 8.43. The Kier molecular flexibility index (Phi) is 3.65. The number of alkyl halides is 3. The molecule has 0 saturated heterocycles. The summed E-state index contributed by atoms with van der Waals surface area (Å²) in [5, 5.41) is 2.83. The Hall–Kier alpha value is -2.11. The van der Waals surface area contributed by atoms with Gasteiger partial charge in [0.05, 0.1) is 11.3 Å². The number of hydrogen-bond donors (Lipinski definition) is 1. The smallest absolute Gasteiger partial charge is 0.357 e. The molecule has 1 aromatic heterocycles. The third-order valence-electron chi connectivity index (χ3n) is 2.91. The van der Waals surface area contributed by atoms with Crippen molar-refractivity contribution in [3.05, 3.63) is 41.1 Å². The predicted octanol–water partition coefficient (Wildman–Crippen LogP) is 3.82. The van der Waals surface area contributed by atoms with Crippen molar-refractivity contribution in [2.45, 2.75) is 20.0 Å². The Morgan fingerprint density at radius 1 is 1.05 bits per heavy atom. The predicted molar refractivity (Wildman–Crippen MR) is 71.5 cm³/mol. The molecule has 1 heterocycles. The van der Waals surface area contributed by atoms with Gasteiger partial charge < -0.3 is 5.32 Å². The van der Waals surface area contributed by atoms with Crippen molar-refractivity contribution in [2.24, 2.45) is 0 Å². The molecule has 1 N–H and O–H groups in total. The molecule has 0 aliphatic heterocycles. The summed E-state index contributed by atoms with van der Waals surface area (Å²) in [6, 6.07) is 5.39. The maximum Gasteiger partial charge on any atom is 0.416 e. The molecule has 0 spiro atoms. The largest absolute Gasteiger partial charge is 0.416 e. The summed E-state index contributed by atoms with van der Waals surface area (Å²) in [5.74, 6) is 0.444. The van der Waals surface area contributed by atoms with Crippen LogP contribution >= 0.6 is 0 Å². The molecule has 0 radical (unpaired) electrons. The molecular formula is C14H14F3N3. The number of nitrogens with one attached hydrogen (secondary N) is 1. The van der Waals surface area contributed by atoms with E-state index in [2.05, 4.69) is 15.3 Å².